The molecule has 0 amide bonds. The summed E-state index contributed by atoms with van der Waals surface area (Å²) < 4.78 is 6.89. The quantitative estimate of drug-likeness (QED) is 0.879. The SMILES string of the molecule is O=C(O)c1nc(-c2ccco2)n2c1CCC(C(=O)O)C2. The van der Waals surface area contributed by atoms with Crippen molar-refractivity contribution in [1.29, 1.82) is 0 Å². The molecule has 0 fully saturated rings. The minimum absolute atomic E-state index is 0.0276. The largest absolute Gasteiger partial charge is 0.481 e. The third-order valence-electron chi connectivity index (χ3n) is 3.50. The molecule has 0 aliphatic carbocycles. The summed E-state index contributed by atoms with van der Waals surface area (Å²) >= 11 is 0. The monoisotopic (exact) mass is 276 g/mol. The van der Waals surface area contributed by atoms with Crippen LogP contribution in [-0.4, -0.2) is 31.7 Å². The second-order valence-corrected chi connectivity index (χ2v) is 4.70. The van der Waals surface area contributed by atoms with Crippen LogP contribution < -0.4 is 0 Å². The zero-order chi connectivity index (χ0) is 14.3. The predicted molar refractivity (Wildman–Crippen MR) is 66.3 cm³/mol. The second kappa shape index (κ2) is 4.52. The Balaban J connectivity index is 2.12. The second-order valence-electron chi connectivity index (χ2n) is 4.70. The maximum absolute atomic E-state index is 11.2. The summed E-state index contributed by atoms with van der Waals surface area (Å²) in [4.78, 5) is 26.5. The molecule has 104 valence electrons. The average Bonchev–Trinajstić information content (AvgIpc) is 3.04. The Morgan fingerprint density at radius 2 is 2.20 bits per heavy atom. The Hall–Kier alpha value is -2.57. The van der Waals surface area contributed by atoms with Gasteiger partial charge in [-0.2, -0.15) is 0 Å². The van der Waals surface area contributed by atoms with Crippen LogP contribution in [0.15, 0.2) is 22.8 Å². The highest BCUT2D eigenvalue weighted by Crippen LogP contribution is 2.30. The number of aromatic carboxylic acids is 1. The van der Waals surface area contributed by atoms with E-state index >= 15 is 0 Å². The van der Waals surface area contributed by atoms with Gasteiger partial charge in [0.05, 0.1) is 17.9 Å². The number of carboxylic acid groups (broad SMARTS) is 2. The van der Waals surface area contributed by atoms with Crippen molar-refractivity contribution in [2.75, 3.05) is 0 Å². The molecule has 3 rings (SSSR count). The Labute approximate surface area is 113 Å². The van der Waals surface area contributed by atoms with E-state index in [2.05, 4.69) is 4.98 Å². The highest BCUT2D eigenvalue weighted by molar-refractivity contribution is 5.88. The minimum atomic E-state index is -1.11. The molecule has 20 heavy (non-hydrogen) atoms. The molecular weight excluding hydrogens is 264 g/mol. The number of aromatic nitrogens is 2. The minimum Gasteiger partial charge on any atom is -0.481 e. The molecule has 3 heterocycles. The molecule has 7 heteroatoms. The molecular formula is C13H12N2O5. The number of hydrogen-bond donors (Lipinski definition) is 2. The molecule has 1 unspecified atom stereocenters. The van der Waals surface area contributed by atoms with E-state index in [1.807, 2.05) is 0 Å². The Morgan fingerprint density at radius 3 is 2.80 bits per heavy atom. The van der Waals surface area contributed by atoms with Gasteiger partial charge >= 0.3 is 11.9 Å². The summed E-state index contributed by atoms with van der Waals surface area (Å²) in [6.07, 6.45) is 2.26. The topological polar surface area (TPSA) is 106 Å². The number of hydrogen-bond acceptors (Lipinski definition) is 4. The van der Waals surface area contributed by atoms with E-state index < -0.39 is 17.9 Å². The molecule has 1 aliphatic heterocycles. The van der Waals surface area contributed by atoms with Gasteiger partial charge in [0.25, 0.3) is 0 Å². The number of carbonyl (C=O) groups is 2. The molecule has 2 aromatic heterocycles. The fourth-order valence-electron chi connectivity index (χ4n) is 2.53. The van der Waals surface area contributed by atoms with Gasteiger partial charge in [0.15, 0.2) is 17.3 Å². The third-order valence-corrected chi connectivity index (χ3v) is 3.50. The number of carboxylic acids is 2. The van der Waals surface area contributed by atoms with Crippen molar-refractivity contribution in [1.82, 2.24) is 9.55 Å². The molecule has 0 saturated carbocycles. The third kappa shape index (κ3) is 1.87. The molecule has 1 aliphatic rings. The summed E-state index contributed by atoms with van der Waals surface area (Å²) in [7, 11) is 0. The fourth-order valence-corrected chi connectivity index (χ4v) is 2.53. The first-order valence-corrected chi connectivity index (χ1v) is 6.17. The standard InChI is InChI=1S/C13H12N2O5/c16-12(17)7-3-4-8-10(13(18)19)14-11(15(8)6-7)9-2-1-5-20-9/h1-2,5,7H,3-4,6H2,(H,16,17)(H,18,19). The van der Waals surface area contributed by atoms with Crippen LogP contribution in [0.2, 0.25) is 0 Å². The molecule has 0 saturated heterocycles. The van der Waals surface area contributed by atoms with E-state index in [9.17, 15) is 14.7 Å². The van der Waals surface area contributed by atoms with Crippen molar-refractivity contribution in [2.24, 2.45) is 5.92 Å². The van der Waals surface area contributed by atoms with E-state index in [1.165, 1.54) is 6.26 Å². The molecule has 2 N–H and O–H groups in total. The Morgan fingerprint density at radius 1 is 1.40 bits per heavy atom. The molecule has 0 spiro atoms. The van der Waals surface area contributed by atoms with Gasteiger partial charge in [0, 0.05) is 6.54 Å². The molecule has 1 atom stereocenters. The zero-order valence-corrected chi connectivity index (χ0v) is 10.4. The first kappa shape index (κ1) is 12.5. The van der Waals surface area contributed by atoms with Crippen LogP contribution in [0.4, 0.5) is 0 Å². The van der Waals surface area contributed by atoms with E-state index in [1.54, 1.807) is 16.7 Å². The Kier molecular flexibility index (Phi) is 2.81. The van der Waals surface area contributed by atoms with Gasteiger partial charge in [0.1, 0.15) is 0 Å². The number of rotatable bonds is 3. The van der Waals surface area contributed by atoms with Crippen LogP contribution in [0.5, 0.6) is 0 Å². The van der Waals surface area contributed by atoms with Gasteiger partial charge in [0.2, 0.25) is 0 Å². The zero-order valence-electron chi connectivity index (χ0n) is 10.4. The van der Waals surface area contributed by atoms with Crippen LogP contribution in [-0.2, 0) is 17.8 Å². The highest BCUT2D eigenvalue weighted by Gasteiger charge is 2.31. The van der Waals surface area contributed by atoms with Crippen molar-refractivity contribution in [3.05, 3.63) is 29.8 Å². The summed E-state index contributed by atoms with van der Waals surface area (Å²) in [5.74, 6) is -1.72. The van der Waals surface area contributed by atoms with Crippen molar-refractivity contribution in [3.63, 3.8) is 0 Å². The summed E-state index contributed by atoms with van der Waals surface area (Å²) in [6, 6.07) is 3.35. The summed E-state index contributed by atoms with van der Waals surface area (Å²) in [5, 5.41) is 18.3. The lowest BCUT2D eigenvalue weighted by molar-refractivity contribution is -0.142. The molecule has 0 radical (unpaired) electrons. The lowest BCUT2D eigenvalue weighted by Crippen LogP contribution is -2.27. The van der Waals surface area contributed by atoms with E-state index in [0.717, 1.165) is 0 Å². The van der Waals surface area contributed by atoms with E-state index in [4.69, 9.17) is 9.52 Å². The van der Waals surface area contributed by atoms with Crippen molar-refractivity contribution in [3.8, 4) is 11.6 Å². The van der Waals surface area contributed by atoms with Gasteiger partial charge < -0.3 is 19.2 Å². The van der Waals surface area contributed by atoms with Crippen molar-refractivity contribution in [2.45, 2.75) is 19.4 Å². The van der Waals surface area contributed by atoms with Crippen LogP contribution in [0.25, 0.3) is 11.6 Å². The molecule has 0 bridgehead atoms. The van der Waals surface area contributed by atoms with Crippen LogP contribution in [0.3, 0.4) is 0 Å². The van der Waals surface area contributed by atoms with Gasteiger partial charge in [-0.25, -0.2) is 9.78 Å². The average molecular weight is 276 g/mol. The van der Waals surface area contributed by atoms with Gasteiger partial charge in [-0.05, 0) is 25.0 Å². The number of nitrogens with zero attached hydrogens (tertiary/aromatic N) is 2. The number of aliphatic carboxylic acids is 1. The maximum Gasteiger partial charge on any atom is 0.356 e. The van der Waals surface area contributed by atoms with E-state index in [0.29, 0.717) is 30.1 Å². The van der Waals surface area contributed by atoms with Crippen molar-refractivity contribution < 1.29 is 24.2 Å². The van der Waals surface area contributed by atoms with Crippen LogP contribution in [0.1, 0.15) is 22.6 Å². The van der Waals surface area contributed by atoms with E-state index in [-0.39, 0.29) is 12.2 Å². The first-order chi connectivity index (χ1) is 9.58. The lowest BCUT2D eigenvalue weighted by atomic mass is 9.97. The number of imidazole rings is 1. The number of furan rings is 1. The highest BCUT2D eigenvalue weighted by atomic mass is 16.4. The fraction of sp³-hybridized carbons (Fsp3) is 0.308. The molecule has 2 aromatic rings. The van der Waals surface area contributed by atoms with Crippen LogP contribution in [0, 0.1) is 5.92 Å². The molecule has 0 aromatic carbocycles. The smallest absolute Gasteiger partial charge is 0.356 e. The normalized spacial score (nSPS) is 17.7. The number of fused-ring (bicyclic) bond motifs is 1. The van der Waals surface area contributed by atoms with Crippen LogP contribution >= 0.6 is 0 Å². The van der Waals surface area contributed by atoms with Crippen molar-refractivity contribution >= 4 is 11.9 Å². The first-order valence-electron chi connectivity index (χ1n) is 6.17. The lowest BCUT2D eigenvalue weighted by Gasteiger charge is -2.22. The maximum atomic E-state index is 11.2. The molecule has 7 nitrogen and oxygen atoms in total. The summed E-state index contributed by atoms with van der Waals surface area (Å²) in [5.41, 5.74) is 0.529. The van der Waals surface area contributed by atoms with Gasteiger partial charge in [-0.1, -0.05) is 0 Å². The Bertz CT molecular complexity index is 671. The predicted octanol–water partition coefficient (Wildman–Crippen LogP) is 1.49. The van der Waals surface area contributed by atoms with Gasteiger partial charge in [-0.15, -0.1) is 0 Å². The van der Waals surface area contributed by atoms with Gasteiger partial charge in [-0.3, -0.25) is 4.79 Å². The summed E-state index contributed by atoms with van der Waals surface area (Å²) in [6.45, 7) is 0.209.